The van der Waals surface area contributed by atoms with E-state index in [1.54, 1.807) is 24.3 Å². The largest absolute Gasteiger partial charge is 0.481 e. The van der Waals surface area contributed by atoms with Gasteiger partial charge in [-0.3, -0.25) is 4.79 Å². The molecule has 0 aliphatic heterocycles. The average molecular weight is 234 g/mol. The highest BCUT2D eigenvalue weighted by molar-refractivity contribution is 5.72. The Bertz CT molecular complexity index is 386. The first kappa shape index (κ1) is 13.5. The summed E-state index contributed by atoms with van der Waals surface area (Å²) in [5.74, 6) is -1.87. The standard InChI is InChI=1S/C14H18O3/c1-3-8-12(13(15)16)14(17,4-2)11-9-6-5-7-10-11/h4-7,9-10,12,17H,2-3,8H2,1H3,(H,15,16). The van der Waals surface area contributed by atoms with E-state index in [1.807, 2.05) is 13.0 Å². The van der Waals surface area contributed by atoms with Gasteiger partial charge in [-0.2, -0.15) is 0 Å². The molecule has 2 atom stereocenters. The van der Waals surface area contributed by atoms with Gasteiger partial charge < -0.3 is 10.2 Å². The zero-order valence-electron chi connectivity index (χ0n) is 9.97. The molecule has 0 spiro atoms. The van der Waals surface area contributed by atoms with Crippen molar-refractivity contribution in [1.82, 2.24) is 0 Å². The Balaban J connectivity index is 3.18. The quantitative estimate of drug-likeness (QED) is 0.744. The van der Waals surface area contributed by atoms with Crippen molar-refractivity contribution in [3.63, 3.8) is 0 Å². The van der Waals surface area contributed by atoms with Gasteiger partial charge in [0.2, 0.25) is 0 Å². The first-order valence-corrected chi connectivity index (χ1v) is 5.70. The van der Waals surface area contributed by atoms with E-state index < -0.39 is 17.5 Å². The minimum absolute atomic E-state index is 0.409. The molecule has 0 heterocycles. The third-order valence-electron chi connectivity index (χ3n) is 2.95. The lowest BCUT2D eigenvalue weighted by Crippen LogP contribution is -2.38. The zero-order valence-corrected chi connectivity index (χ0v) is 9.97. The summed E-state index contributed by atoms with van der Waals surface area (Å²) in [6, 6.07) is 8.80. The molecule has 92 valence electrons. The summed E-state index contributed by atoms with van der Waals surface area (Å²) in [4.78, 5) is 11.3. The maximum absolute atomic E-state index is 11.3. The fourth-order valence-corrected chi connectivity index (χ4v) is 1.99. The SMILES string of the molecule is C=CC(O)(c1ccccc1)C(CCC)C(=O)O. The number of aliphatic hydroxyl groups is 1. The van der Waals surface area contributed by atoms with Crippen molar-refractivity contribution in [3.05, 3.63) is 48.6 Å². The van der Waals surface area contributed by atoms with Crippen LogP contribution in [-0.4, -0.2) is 16.2 Å². The van der Waals surface area contributed by atoms with E-state index in [-0.39, 0.29) is 0 Å². The summed E-state index contributed by atoms with van der Waals surface area (Å²) in [7, 11) is 0. The van der Waals surface area contributed by atoms with E-state index in [4.69, 9.17) is 0 Å². The molecule has 3 nitrogen and oxygen atoms in total. The van der Waals surface area contributed by atoms with E-state index >= 15 is 0 Å². The van der Waals surface area contributed by atoms with Crippen LogP contribution in [0.2, 0.25) is 0 Å². The van der Waals surface area contributed by atoms with Crippen LogP contribution in [0.25, 0.3) is 0 Å². The van der Waals surface area contributed by atoms with Gasteiger partial charge in [0, 0.05) is 0 Å². The molecule has 1 aromatic rings. The van der Waals surface area contributed by atoms with Crippen LogP contribution in [0.5, 0.6) is 0 Å². The van der Waals surface area contributed by atoms with E-state index in [1.165, 1.54) is 6.08 Å². The van der Waals surface area contributed by atoms with Crippen molar-refractivity contribution in [2.24, 2.45) is 5.92 Å². The average Bonchev–Trinajstić information content (AvgIpc) is 2.35. The molecule has 2 unspecified atom stereocenters. The lowest BCUT2D eigenvalue weighted by molar-refractivity contribution is -0.150. The number of aliphatic carboxylic acids is 1. The Kier molecular flexibility index (Phi) is 4.46. The van der Waals surface area contributed by atoms with Crippen LogP contribution < -0.4 is 0 Å². The van der Waals surface area contributed by atoms with Crippen molar-refractivity contribution < 1.29 is 15.0 Å². The van der Waals surface area contributed by atoms with E-state index in [2.05, 4.69) is 6.58 Å². The second-order valence-corrected chi connectivity index (χ2v) is 4.07. The Morgan fingerprint density at radius 1 is 1.47 bits per heavy atom. The van der Waals surface area contributed by atoms with Crippen LogP contribution in [0, 0.1) is 5.92 Å². The maximum Gasteiger partial charge on any atom is 0.310 e. The molecule has 0 fully saturated rings. The van der Waals surface area contributed by atoms with E-state index in [0.29, 0.717) is 18.4 Å². The predicted molar refractivity (Wildman–Crippen MR) is 66.6 cm³/mol. The Morgan fingerprint density at radius 3 is 2.47 bits per heavy atom. The molecule has 0 saturated carbocycles. The van der Waals surface area contributed by atoms with E-state index in [9.17, 15) is 15.0 Å². The molecule has 0 aliphatic rings. The predicted octanol–water partition coefficient (Wildman–Crippen LogP) is 2.56. The molecule has 17 heavy (non-hydrogen) atoms. The fourth-order valence-electron chi connectivity index (χ4n) is 1.99. The summed E-state index contributed by atoms with van der Waals surface area (Å²) in [5.41, 5.74) is -0.945. The minimum Gasteiger partial charge on any atom is -0.481 e. The molecule has 0 amide bonds. The van der Waals surface area contributed by atoms with E-state index in [0.717, 1.165) is 0 Å². The van der Waals surface area contributed by atoms with Crippen LogP contribution in [0.4, 0.5) is 0 Å². The van der Waals surface area contributed by atoms with Gasteiger partial charge in [0.15, 0.2) is 0 Å². The summed E-state index contributed by atoms with van der Waals surface area (Å²) in [5, 5.41) is 19.8. The number of hydrogen-bond donors (Lipinski definition) is 2. The number of carbonyl (C=O) groups is 1. The highest BCUT2D eigenvalue weighted by Gasteiger charge is 2.39. The summed E-state index contributed by atoms with van der Waals surface area (Å²) in [6.07, 6.45) is 2.42. The number of benzene rings is 1. The number of carboxylic acids is 1. The molecule has 1 aromatic carbocycles. The summed E-state index contributed by atoms with van der Waals surface area (Å²) < 4.78 is 0. The molecule has 2 N–H and O–H groups in total. The van der Waals surface area contributed by atoms with Gasteiger partial charge in [-0.1, -0.05) is 56.3 Å². The van der Waals surface area contributed by atoms with Crippen LogP contribution in [0.15, 0.2) is 43.0 Å². The molecule has 0 aromatic heterocycles. The van der Waals surface area contributed by atoms with Gasteiger partial charge in [0.05, 0.1) is 5.92 Å². The normalized spacial score (nSPS) is 15.9. The van der Waals surface area contributed by atoms with Crippen LogP contribution >= 0.6 is 0 Å². The van der Waals surface area contributed by atoms with Crippen molar-refractivity contribution >= 4 is 5.97 Å². The lowest BCUT2D eigenvalue weighted by Gasteiger charge is -2.31. The zero-order chi connectivity index (χ0) is 12.9. The minimum atomic E-state index is -1.51. The number of carboxylic acid groups (broad SMARTS) is 1. The lowest BCUT2D eigenvalue weighted by atomic mass is 9.79. The first-order chi connectivity index (χ1) is 8.06. The summed E-state index contributed by atoms with van der Waals surface area (Å²) >= 11 is 0. The molecule has 1 rings (SSSR count). The Hall–Kier alpha value is -1.61. The van der Waals surface area contributed by atoms with Gasteiger partial charge >= 0.3 is 5.97 Å². The van der Waals surface area contributed by atoms with Gasteiger partial charge in [0.1, 0.15) is 5.60 Å². The van der Waals surface area contributed by atoms with Crippen LogP contribution in [-0.2, 0) is 10.4 Å². The second-order valence-electron chi connectivity index (χ2n) is 4.07. The highest BCUT2D eigenvalue weighted by atomic mass is 16.4. The first-order valence-electron chi connectivity index (χ1n) is 5.70. The smallest absolute Gasteiger partial charge is 0.310 e. The second kappa shape index (κ2) is 5.64. The highest BCUT2D eigenvalue weighted by Crippen LogP contribution is 2.34. The van der Waals surface area contributed by atoms with Crippen molar-refractivity contribution in [2.45, 2.75) is 25.4 Å². The van der Waals surface area contributed by atoms with Crippen LogP contribution in [0.3, 0.4) is 0 Å². The molecule has 0 saturated heterocycles. The monoisotopic (exact) mass is 234 g/mol. The van der Waals surface area contributed by atoms with Crippen molar-refractivity contribution in [3.8, 4) is 0 Å². The van der Waals surface area contributed by atoms with Crippen molar-refractivity contribution in [1.29, 1.82) is 0 Å². The van der Waals surface area contributed by atoms with Crippen molar-refractivity contribution in [2.75, 3.05) is 0 Å². The maximum atomic E-state index is 11.3. The molecule has 0 radical (unpaired) electrons. The fraction of sp³-hybridized carbons (Fsp3) is 0.357. The third kappa shape index (κ3) is 2.74. The summed E-state index contributed by atoms with van der Waals surface area (Å²) in [6.45, 7) is 5.47. The van der Waals surface area contributed by atoms with Gasteiger partial charge in [-0.15, -0.1) is 0 Å². The van der Waals surface area contributed by atoms with Gasteiger partial charge in [0.25, 0.3) is 0 Å². The topological polar surface area (TPSA) is 57.5 Å². The Labute approximate surface area is 101 Å². The molecular weight excluding hydrogens is 216 g/mol. The molecule has 0 bridgehead atoms. The van der Waals surface area contributed by atoms with Gasteiger partial charge in [-0.05, 0) is 12.0 Å². The van der Waals surface area contributed by atoms with Gasteiger partial charge in [-0.25, -0.2) is 0 Å². The third-order valence-corrected chi connectivity index (χ3v) is 2.95. The molecule has 0 aliphatic carbocycles. The Morgan fingerprint density at radius 2 is 2.06 bits per heavy atom. The number of rotatable bonds is 6. The molecular formula is C14H18O3. The molecule has 3 heteroatoms. The number of hydrogen-bond acceptors (Lipinski definition) is 2. The van der Waals surface area contributed by atoms with Crippen LogP contribution in [0.1, 0.15) is 25.3 Å².